The fourth-order valence-corrected chi connectivity index (χ4v) is 4.92. The van der Waals surface area contributed by atoms with Gasteiger partial charge in [0.25, 0.3) is 11.8 Å². The van der Waals surface area contributed by atoms with Gasteiger partial charge in [0.2, 0.25) is 0 Å². The molecule has 176 valence electrons. The molecule has 1 aromatic rings. The summed E-state index contributed by atoms with van der Waals surface area (Å²) in [5.74, 6) is -0.524. The number of ketones is 1. The molecule has 1 aromatic carbocycles. The lowest BCUT2D eigenvalue weighted by atomic mass is 9.75. The summed E-state index contributed by atoms with van der Waals surface area (Å²) in [5, 5.41) is 3.45. The number of hydrogen-bond donors (Lipinski definition) is 1. The first kappa shape index (κ1) is 23.6. The van der Waals surface area contributed by atoms with Gasteiger partial charge in [0.1, 0.15) is 0 Å². The summed E-state index contributed by atoms with van der Waals surface area (Å²) in [6.07, 6.45) is 9.90. The number of carbonyl (C=O) groups excluding carboxylic acids is 3. The van der Waals surface area contributed by atoms with Crippen molar-refractivity contribution < 1.29 is 19.1 Å². The van der Waals surface area contributed by atoms with Gasteiger partial charge in [0.15, 0.2) is 5.78 Å². The molecule has 1 N–H and O–H groups in total. The molecule has 34 heavy (non-hydrogen) atoms. The average molecular weight is 459 g/mol. The van der Waals surface area contributed by atoms with E-state index in [1.807, 2.05) is 32.1 Å². The van der Waals surface area contributed by atoms with Crippen LogP contribution in [-0.4, -0.2) is 42.3 Å². The van der Waals surface area contributed by atoms with E-state index in [1.165, 1.54) is 4.90 Å². The Kier molecular flexibility index (Phi) is 7.08. The van der Waals surface area contributed by atoms with Gasteiger partial charge in [-0.25, -0.2) is 0 Å². The summed E-state index contributed by atoms with van der Waals surface area (Å²) in [6, 6.07) is 6.86. The van der Waals surface area contributed by atoms with Crippen molar-refractivity contribution in [2.45, 2.75) is 33.1 Å². The SMILES string of the molecule is C=C/C=C(\C=C/C)C1C(C)=C(COCCN2C(=O)c3ccccc3C2=O)NC2=C1C(=O)CCC2. The third-order valence-electron chi connectivity index (χ3n) is 6.54. The molecule has 1 aliphatic carbocycles. The van der Waals surface area contributed by atoms with Crippen molar-refractivity contribution >= 4 is 17.6 Å². The second-order valence-electron chi connectivity index (χ2n) is 8.65. The minimum absolute atomic E-state index is 0.145. The van der Waals surface area contributed by atoms with Gasteiger partial charge in [-0.3, -0.25) is 19.3 Å². The molecule has 6 nitrogen and oxygen atoms in total. The van der Waals surface area contributed by atoms with Crippen LogP contribution in [0.2, 0.25) is 0 Å². The van der Waals surface area contributed by atoms with Gasteiger partial charge in [0.05, 0.1) is 30.9 Å². The summed E-state index contributed by atoms with van der Waals surface area (Å²) in [6.45, 7) is 8.53. The first-order valence-corrected chi connectivity index (χ1v) is 11.7. The van der Waals surface area contributed by atoms with E-state index in [1.54, 1.807) is 30.3 Å². The van der Waals surface area contributed by atoms with Crippen LogP contribution in [0.15, 0.2) is 83.3 Å². The number of nitrogens with zero attached hydrogens (tertiary/aromatic N) is 1. The molecule has 1 atom stereocenters. The molecule has 0 spiro atoms. The van der Waals surface area contributed by atoms with Crippen LogP contribution in [0.4, 0.5) is 0 Å². The van der Waals surface area contributed by atoms with Crippen LogP contribution in [-0.2, 0) is 9.53 Å². The largest absolute Gasteiger partial charge is 0.373 e. The van der Waals surface area contributed by atoms with Crippen LogP contribution >= 0.6 is 0 Å². The van der Waals surface area contributed by atoms with Crippen molar-refractivity contribution in [3.63, 3.8) is 0 Å². The predicted octanol–water partition coefficient (Wildman–Crippen LogP) is 4.49. The first-order valence-electron chi connectivity index (χ1n) is 11.7. The van der Waals surface area contributed by atoms with Gasteiger partial charge < -0.3 is 10.1 Å². The number of benzene rings is 1. The first-order chi connectivity index (χ1) is 16.5. The number of nitrogens with one attached hydrogen (secondary N) is 1. The van der Waals surface area contributed by atoms with Crippen LogP contribution in [0.25, 0.3) is 0 Å². The van der Waals surface area contributed by atoms with Gasteiger partial charge in [0, 0.05) is 29.3 Å². The summed E-state index contributed by atoms with van der Waals surface area (Å²) in [7, 11) is 0. The normalized spacial score (nSPS) is 20.8. The third-order valence-corrected chi connectivity index (χ3v) is 6.54. The van der Waals surface area contributed by atoms with E-state index in [0.717, 1.165) is 41.0 Å². The van der Waals surface area contributed by atoms with Crippen LogP contribution in [0.5, 0.6) is 0 Å². The highest BCUT2D eigenvalue weighted by Gasteiger charge is 2.36. The molecular weight excluding hydrogens is 428 g/mol. The zero-order valence-corrected chi connectivity index (χ0v) is 19.7. The minimum atomic E-state index is -0.281. The molecule has 3 aliphatic rings. The van der Waals surface area contributed by atoms with Crippen molar-refractivity contribution in [3.8, 4) is 0 Å². The Bertz CT molecular complexity index is 1130. The molecule has 1 unspecified atom stereocenters. The second kappa shape index (κ2) is 10.2. The number of ether oxygens (including phenoxy) is 1. The van der Waals surface area contributed by atoms with E-state index in [0.29, 0.717) is 24.2 Å². The zero-order chi connectivity index (χ0) is 24.2. The number of amides is 2. The summed E-state index contributed by atoms with van der Waals surface area (Å²) in [5.41, 5.74) is 5.64. The van der Waals surface area contributed by atoms with Gasteiger partial charge in [-0.05, 0) is 50.0 Å². The number of Topliss-reactive ketones (excluding diaryl/α,β-unsaturated/α-hetero) is 1. The average Bonchev–Trinajstić information content (AvgIpc) is 3.07. The third kappa shape index (κ3) is 4.33. The van der Waals surface area contributed by atoms with E-state index in [4.69, 9.17) is 4.74 Å². The minimum Gasteiger partial charge on any atom is -0.373 e. The highest BCUT2D eigenvalue weighted by atomic mass is 16.5. The Morgan fingerprint density at radius 3 is 2.53 bits per heavy atom. The van der Waals surface area contributed by atoms with Crippen molar-refractivity contribution in [1.82, 2.24) is 10.2 Å². The van der Waals surface area contributed by atoms with E-state index >= 15 is 0 Å². The maximum Gasteiger partial charge on any atom is 0.261 e. The molecule has 2 amide bonds. The topological polar surface area (TPSA) is 75.7 Å². The van der Waals surface area contributed by atoms with Crippen molar-refractivity contribution in [3.05, 3.63) is 94.4 Å². The number of rotatable bonds is 8. The smallest absolute Gasteiger partial charge is 0.261 e. The highest BCUT2D eigenvalue weighted by Crippen LogP contribution is 2.40. The van der Waals surface area contributed by atoms with Crippen LogP contribution in [0, 0.1) is 5.92 Å². The Morgan fingerprint density at radius 2 is 1.88 bits per heavy atom. The Balaban J connectivity index is 1.48. The molecule has 0 bridgehead atoms. The molecule has 2 aliphatic heterocycles. The predicted molar refractivity (Wildman–Crippen MR) is 131 cm³/mol. The van der Waals surface area contributed by atoms with Crippen molar-refractivity contribution in [2.75, 3.05) is 19.8 Å². The lowest BCUT2D eigenvalue weighted by Crippen LogP contribution is -2.36. The molecule has 0 radical (unpaired) electrons. The number of imide groups is 1. The summed E-state index contributed by atoms with van der Waals surface area (Å²) < 4.78 is 5.92. The number of fused-ring (bicyclic) bond motifs is 1. The van der Waals surface area contributed by atoms with Crippen LogP contribution in [0.1, 0.15) is 53.8 Å². The lowest BCUT2D eigenvalue weighted by molar-refractivity contribution is -0.116. The van der Waals surface area contributed by atoms with Crippen LogP contribution in [0.3, 0.4) is 0 Å². The lowest BCUT2D eigenvalue weighted by Gasteiger charge is -2.35. The van der Waals surface area contributed by atoms with Crippen LogP contribution < -0.4 is 5.32 Å². The van der Waals surface area contributed by atoms with Crippen molar-refractivity contribution in [1.29, 1.82) is 0 Å². The molecule has 6 heteroatoms. The van der Waals surface area contributed by atoms with E-state index in [-0.39, 0.29) is 36.7 Å². The van der Waals surface area contributed by atoms with Crippen molar-refractivity contribution in [2.24, 2.45) is 5.92 Å². The zero-order valence-electron chi connectivity index (χ0n) is 19.7. The summed E-state index contributed by atoms with van der Waals surface area (Å²) in [4.78, 5) is 39.2. The maximum atomic E-state index is 12.9. The van der Waals surface area contributed by atoms with E-state index < -0.39 is 0 Å². The maximum absolute atomic E-state index is 12.9. The van der Waals surface area contributed by atoms with Gasteiger partial charge in [-0.15, -0.1) is 0 Å². The van der Waals surface area contributed by atoms with E-state index in [9.17, 15) is 14.4 Å². The monoisotopic (exact) mass is 458 g/mol. The Morgan fingerprint density at radius 1 is 1.18 bits per heavy atom. The molecule has 0 aromatic heterocycles. The molecule has 2 heterocycles. The number of hydrogen-bond acceptors (Lipinski definition) is 5. The van der Waals surface area contributed by atoms with Gasteiger partial charge >= 0.3 is 0 Å². The second-order valence-corrected chi connectivity index (χ2v) is 8.65. The fraction of sp³-hybridized carbons (Fsp3) is 0.321. The Labute approximate surface area is 200 Å². The summed E-state index contributed by atoms with van der Waals surface area (Å²) >= 11 is 0. The number of dihydropyridines is 1. The van der Waals surface area contributed by atoms with E-state index in [2.05, 4.69) is 11.9 Å². The molecular formula is C28H30N2O4. The van der Waals surface area contributed by atoms with Gasteiger partial charge in [-0.1, -0.05) is 43.0 Å². The number of carbonyl (C=O) groups is 3. The quantitative estimate of drug-likeness (QED) is 0.353. The van der Waals surface area contributed by atoms with Gasteiger partial charge in [-0.2, -0.15) is 0 Å². The highest BCUT2D eigenvalue weighted by molar-refractivity contribution is 6.21. The number of allylic oxidation sites excluding steroid dienone is 8. The molecule has 0 saturated carbocycles. The Hall–Kier alpha value is -3.51. The molecule has 4 rings (SSSR count). The fourth-order valence-electron chi connectivity index (χ4n) is 4.92. The standard InChI is InChI=1S/C28H30N2O4/c1-4-9-19(10-5-2)25-18(3)23(29-22-13-8-14-24(31)26(22)25)17-34-16-15-30-27(32)20-11-6-7-12-21(20)28(30)33/h4-7,9-12,25,29H,1,8,13-17H2,2-3H3/b10-5-,19-9+. The molecule has 0 saturated heterocycles. The molecule has 0 fully saturated rings.